The van der Waals surface area contributed by atoms with E-state index in [1.807, 2.05) is 102 Å². The number of nitrogens with one attached hydrogen (secondary N) is 6. The maximum Gasteiger partial charge on any atom is 0.242 e. The number of nitrogens with zero attached hydrogens (tertiary/aromatic N) is 8. The van der Waals surface area contributed by atoms with Crippen LogP contribution in [0, 0.1) is 25.0 Å². The Hall–Kier alpha value is -8.05. The van der Waals surface area contributed by atoms with Crippen LogP contribution in [-0.2, 0) is 27.5 Å². The van der Waals surface area contributed by atoms with Gasteiger partial charge in [-0.25, -0.2) is 9.69 Å². The number of hydrogen-bond acceptors (Lipinski definition) is 11. The summed E-state index contributed by atoms with van der Waals surface area (Å²) < 4.78 is 3.78. The van der Waals surface area contributed by atoms with Crippen LogP contribution >= 0.6 is 0 Å². The molecule has 4 heterocycles. The first-order valence-electron chi connectivity index (χ1n) is 25.2. The normalized spacial score (nSPS) is 14.5. The first-order valence-corrected chi connectivity index (χ1v) is 25.2. The topological polar surface area (TPSA) is 194 Å². The largest absolute Gasteiger partial charge is 0.358 e. The summed E-state index contributed by atoms with van der Waals surface area (Å²) in [5.74, 6) is 4.17. The third-order valence-electron chi connectivity index (χ3n) is 12.9. The van der Waals surface area contributed by atoms with Gasteiger partial charge in [0.2, 0.25) is 23.7 Å². The number of rotatable bonds is 21. The SMILES string of the molecule is [C-]#[N+]c1ccc(CNC(=O)[C@@H](CC2CCCCC2)Nc2cc(-n3cccc3)nc(NCC(C)=O)n2)cc1.[C-]#[N+]c1ccc(CNC(=O)[C@@H](CC2CCCCC2)Nc2cc(-n3cccc3)nc(NCC)n2)cc1. The van der Waals surface area contributed by atoms with E-state index in [2.05, 4.69) is 61.5 Å². The van der Waals surface area contributed by atoms with Crippen LogP contribution in [-0.4, -0.2) is 71.8 Å². The van der Waals surface area contributed by atoms with Crippen LogP contribution in [0.2, 0.25) is 0 Å². The minimum atomic E-state index is -0.473. The molecule has 72 heavy (non-hydrogen) atoms. The zero-order valence-electron chi connectivity index (χ0n) is 41.3. The van der Waals surface area contributed by atoms with Crippen LogP contribution in [0.25, 0.3) is 21.3 Å². The molecule has 0 unspecified atom stereocenters. The fourth-order valence-corrected chi connectivity index (χ4v) is 9.11. The van der Waals surface area contributed by atoms with Gasteiger partial charge >= 0.3 is 0 Å². The van der Waals surface area contributed by atoms with Crippen molar-refractivity contribution in [1.82, 2.24) is 39.7 Å². The number of Topliss-reactive ketones (excluding diaryl/α,β-unsaturated/α-hetero) is 1. The van der Waals surface area contributed by atoms with Crippen LogP contribution in [0.3, 0.4) is 0 Å². The Labute approximate surface area is 422 Å². The van der Waals surface area contributed by atoms with Crippen LogP contribution in [0.1, 0.15) is 102 Å². The van der Waals surface area contributed by atoms with Gasteiger partial charge in [-0.3, -0.25) is 14.4 Å². The third kappa shape index (κ3) is 16.0. The molecule has 0 aliphatic heterocycles. The lowest BCUT2D eigenvalue weighted by Crippen LogP contribution is -2.41. The Bertz CT molecular complexity index is 2730. The Morgan fingerprint density at radius 2 is 1.00 bits per heavy atom. The van der Waals surface area contributed by atoms with Crippen molar-refractivity contribution in [3.8, 4) is 11.6 Å². The maximum atomic E-state index is 13.4. The van der Waals surface area contributed by atoms with Gasteiger partial charge in [-0.05, 0) is 73.9 Å². The van der Waals surface area contributed by atoms with Crippen molar-refractivity contribution >= 4 is 52.5 Å². The van der Waals surface area contributed by atoms with E-state index in [0.29, 0.717) is 78.6 Å². The third-order valence-corrected chi connectivity index (χ3v) is 12.9. The van der Waals surface area contributed by atoms with Crippen LogP contribution in [0.15, 0.2) is 110 Å². The zero-order valence-corrected chi connectivity index (χ0v) is 41.3. The molecule has 2 aliphatic rings. The summed E-state index contributed by atoms with van der Waals surface area (Å²) in [6.07, 6.45) is 21.0. The van der Waals surface area contributed by atoms with E-state index in [1.165, 1.54) is 45.4 Å². The lowest BCUT2D eigenvalue weighted by molar-refractivity contribution is -0.123. The average molecular weight is 971 g/mol. The molecule has 0 radical (unpaired) electrons. The minimum absolute atomic E-state index is 0.0246. The molecule has 17 heteroatoms. The number of benzene rings is 2. The predicted molar refractivity (Wildman–Crippen MR) is 282 cm³/mol. The highest BCUT2D eigenvalue weighted by Crippen LogP contribution is 2.30. The van der Waals surface area contributed by atoms with Gasteiger partial charge in [-0.1, -0.05) is 113 Å². The van der Waals surface area contributed by atoms with Crippen molar-refractivity contribution in [2.24, 2.45) is 11.8 Å². The maximum absolute atomic E-state index is 13.4. The van der Waals surface area contributed by atoms with Gasteiger partial charge in [0, 0.05) is 56.6 Å². The number of hydrogen-bond donors (Lipinski definition) is 6. The first kappa shape index (κ1) is 51.8. The minimum Gasteiger partial charge on any atom is -0.358 e. The van der Waals surface area contributed by atoms with Gasteiger partial charge in [-0.15, -0.1) is 0 Å². The Morgan fingerprint density at radius 3 is 1.38 bits per heavy atom. The highest BCUT2D eigenvalue weighted by atomic mass is 16.2. The fourth-order valence-electron chi connectivity index (χ4n) is 9.11. The highest BCUT2D eigenvalue weighted by Gasteiger charge is 2.27. The van der Waals surface area contributed by atoms with Gasteiger partial charge in [0.05, 0.1) is 19.7 Å². The van der Waals surface area contributed by atoms with Crippen LogP contribution in [0.5, 0.6) is 0 Å². The average Bonchev–Trinajstić information content (AvgIpc) is 4.17. The molecule has 2 saturated carbocycles. The second-order valence-electron chi connectivity index (χ2n) is 18.5. The Kier molecular flexibility index (Phi) is 19.3. The molecule has 8 rings (SSSR count). The molecule has 2 aromatic carbocycles. The molecule has 2 aliphatic carbocycles. The summed E-state index contributed by atoms with van der Waals surface area (Å²) in [7, 11) is 0. The molecular weight excluding hydrogens is 905 g/mol. The molecule has 0 spiro atoms. The molecular formula is C55H66N14O3. The summed E-state index contributed by atoms with van der Waals surface area (Å²) in [6, 6.07) is 25.1. The van der Waals surface area contributed by atoms with E-state index in [0.717, 1.165) is 49.0 Å². The molecule has 2 amide bonds. The highest BCUT2D eigenvalue weighted by molar-refractivity contribution is 5.85. The number of carbonyl (C=O) groups excluding carboxylic acids is 3. The molecule has 2 fully saturated rings. The van der Waals surface area contributed by atoms with Crippen molar-refractivity contribution in [2.45, 2.75) is 116 Å². The van der Waals surface area contributed by atoms with Crippen molar-refractivity contribution in [3.05, 3.63) is 144 Å². The molecule has 374 valence electrons. The second kappa shape index (κ2) is 26.8. The Balaban J connectivity index is 0.000000212. The fraction of sp³-hybridized carbons (Fsp3) is 0.400. The molecule has 6 aromatic rings. The number of anilines is 4. The second-order valence-corrected chi connectivity index (χ2v) is 18.5. The van der Waals surface area contributed by atoms with E-state index in [4.69, 9.17) is 13.1 Å². The molecule has 0 saturated heterocycles. The van der Waals surface area contributed by atoms with Crippen molar-refractivity contribution in [2.75, 3.05) is 34.4 Å². The number of aromatic nitrogens is 6. The predicted octanol–water partition coefficient (Wildman–Crippen LogP) is 10.2. The number of amides is 2. The lowest BCUT2D eigenvalue weighted by Gasteiger charge is -2.27. The summed E-state index contributed by atoms with van der Waals surface area (Å²) in [5.41, 5.74) is 3.07. The monoisotopic (exact) mass is 971 g/mol. The van der Waals surface area contributed by atoms with E-state index in [-0.39, 0.29) is 24.1 Å². The van der Waals surface area contributed by atoms with Gasteiger partial charge in [-0.2, -0.15) is 19.9 Å². The molecule has 0 bridgehead atoms. The summed E-state index contributed by atoms with van der Waals surface area (Å²) in [4.78, 5) is 63.4. The number of carbonyl (C=O) groups is 3. The Morgan fingerprint density at radius 1 is 0.597 bits per heavy atom. The van der Waals surface area contributed by atoms with E-state index >= 15 is 0 Å². The van der Waals surface area contributed by atoms with Gasteiger partial charge < -0.3 is 41.0 Å². The van der Waals surface area contributed by atoms with Crippen molar-refractivity contribution in [3.63, 3.8) is 0 Å². The zero-order chi connectivity index (χ0) is 50.5. The molecule has 17 nitrogen and oxygen atoms in total. The number of ketones is 1. The quantitative estimate of drug-likeness (QED) is 0.0376. The van der Waals surface area contributed by atoms with E-state index in [9.17, 15) is 14.4 Å². The summed E-state index contributed by atoms with van der Waals surface area (Å²) in [6.45, 7) is 19.3. The van der Waals surface area contributed by atoms with Crippen LogP contribution in [0.4, 0.5) is 34.9 Å². The lowest BCUT2D eigenvalue weighted by atomic mass is 9.84. The van der Waals surface area contributed by atoms with E-state index in [1.54, 1.807) is 24.3 Å². The summed E-state index contributed by atoms with van der Waals surface area (Å²) in [5, 5.41) is 19.1. The first-order chi connectivity index (χ1) is 35.1. The standard InChI is InChI=1S/C28H33N7O2.C27H33N7O/c1-20(36)18-31-28-33-25(17-26(34-28)35-14-6-7-15-35)32-24(16-21-8-4-3-5-9-21)27(37)30-19-22-10-12-23(29-2)13-11-22;1-3-29-27-32-24(18-25(33-27)34-15-7-8-16-34)31-23(17-20-9-5-4-6-10-20)26(35)30-19-21-11-13-22(28-2)14-12-21/h6-7,10-15,17,21,24H,3-5,8-9,16,18-19H2,1H3,(H,30,37)(H2,31,32,33,34);7-8,11-16,18,20,23H,3-6,9-10,17,19H2,1H3,(H,30,35)(H2,29,31,32,33)/t24-;23-/m11/s1. The van der Waals surface area contributed by atoms with Crippen molar-refractivity contribution < 1.29 is 14.4 Å². The van der Waals surface area contributed by atoms with Crippen molar-refractivity contribution in [1.29, 1.82) is 0 Å². The van der Waals surface area contributed by atoms with Gasteiger partial charge in [0.15, 0.2) is 11.4 Å². The molecule has 4 aromatic heterocycles. The molecule has 2 atom stereocenters. The van der Waals surface area contributed by atoms with E-state index < -0.39 is 12.1 Å². The van der Waals surface area contributed by atoms with Crippen LogP contribution < -0.4 is 31.9 Å². The molecule has 6 N–H and O–H groups in total. The van der Waals surface area contributed by atoms with Gasteiger partial charge in [0.25, 0.3) is 0 Å². The smallest absolute Gasteiger partial charge is 0.242 e. The van der Waals surface area contributed by atoms with Gasteiger partial charge in [0.1, 0.15) is 41.1 Å². The summed E-state index contributed by atoms with van der Waals surface area (Å²) >= 11 is 0.